The minimum atomic E-state index is -0.396. The highest BCUT2D eigenvalue weighted by atomic mass is 32.1. The Morgan fingerprint density at radius 2 is 1.96 bits per heavy atom. The van der Waals surface area contributed by atoms with Gasteiger partial charge < -0.3 is 10.3 Å². The molecule has 0 spiro atoms. The third-order valence-corrected chi connectivity index (χ3v) is 4.44. The summed E-state index contributed by atoms with van der Waals surface area (Å²) in [6.07, 6.45) is 0. The second-order valence-corrected chi connectivity index (χ2v) is 6.30. The van der Waals surface area contributed by atoms with E-state index in [0.29, 0.717) is 11.3 Å². The highest BCUT2D eigenvalue weighted by Gasteiger charge is 2.14. The van der Waals surface area contributed by atoms with Crippen LogP contribution in [0.15, 0.2) is 52.6 Å². The van der Waals surface area contributed by atoms with E-state index in [-0.39, 0.29) is 11.1 Å². The Kier molecular flexibility index (Phi) is 4.12. The van der Waals surface area contributed by atoms with Gasteiger partial charge in [-0.05, 0) is 54.6 Å². The topological polar surface area (TPSA) is 62.0 Å². The lowest BCUT2D eigenvalue weighted by Gasteiger charge is -2.09. The average Bonchev–Trinajstić information content (AvgIpc) is 3.00. The maximum Gasteiger partial charge on any atom is 0.261 e. The van der Waals surface area contributed by atoms with E-state index >= 15 is 0 Å². The monoisotopic (exact) mass is 324 g/mol. The third kappa shape index (κ3) is 3.24. The van der Waals surface area contributed by atoms with Crippen LogP contribution in [0.2, 0.25) is 0 Å². The summed E-state index contributed by atoms with van der Waals surface area (Å²) < 4.78 is 0. The molecule has 116 valence electrons. The summed E-state index contributed by atoms with van der Waals surface area (Å²) in [6.45, 7) is 3.56. The SMILES string of the molecule is Cc1cc(C)c(C(=O)Nc2cccc(-c3cccs3)c2)c(=O)[nH]1. The number of carbonyl (C=O) groups excluding carboxylic acids is 1. The number of benzene rings is 1. The number of aryl methyl sites for hydroxylation is 2. The standard InChI is InChI=1S/C18H16N2O2S/c1-11-9-12(2)19-17(21)16(11)18(22)20-14-6-3-5-13(10-14)15-7-4-8-23-15/h3-10H,1-2H3,(H,19,21)(H,20,22). The van der Waals surface area contributed by atoms with Crippen molar-refractivity contribution in [3.05, 3.63) is 75.0 Å². The quantitative estimate of drug-likeness (QED) is 0.765. The number of thiophene rings is 1. The van der Waals surface area contributed by atoms with E-state index < -0.39 is 5.91 Å². The second-order valence-electron chi connectivity index (χ2n) is 5.35. The molecule has 0 saturated carbocycles. The van der Waals surface area contributed by atoms with Gasteiger partial charge in [0.2, 0.25) is 0 Å². The molecule has 0 aliphatic rings. The summed E-state index contributed by atoms with van der Waals surface area (Å²) in [5.74, 6) is -0.396. The Hall–Kier alpha value is -2.66. The molecule has 0 bridgehead atoms. The fourth-order valence-corrected chi connectivity index (χ4v) is 3.25. The maximum atomic E-state index is 12.4. The fourth-order valence-electron chi connectivity index (χ4n) is 2.52. The first-order valence-corrected chi connectivity index (χ1v) is 8.08. The van der Waals surface area contributed by atoms with Crippen LogP contribution in [0.3, 0.4) is 0 Å². The van der Waals surface area contributed by atoms with Gasteiger partial charge in [-0.3, -0.25) is 9.59 Å². The zero-order valence-electron chi connectivity index (χ0n) is 12.8. The summed E-state index contributed by atoms with van der Waals surface area (Å²) in [5, 5.41) is 4.82. The molecule has 0 fully saturated rings. The molecule has 1 aromatic carbocycles. The molecule has 3 aromatic rings. The summed E-state index contributed by atoms with van der Waals surface area (Å²) in [6, 6.07) is 13.4. The average molecular weight is 324 g/mol. The number of aromatic nitrogens is 1. The minimum absolute atomic E-state index is 0.150. The van der Waals surface area contributed by atoms with Gasteiger partial charge in [-0.2, -0.15) is 0 Å². The molecule has 4 nitrogen and oxygen atoms in total. The van der Waals surface area contributed by atoms with Gasteiger partial charge >= 0.3 is 0 Å². The van der Waals surface area contributed by atoms with Gasteiger partial charge in [-0.25, -0.2) is 0 Å². The lowest BCUT2D eigenvalue weighted by Crippen LogP contribution is -2.25. The van der Waals surface area contributed by atoms with Crippen molar-refractivity contribution in [2.24, 2.45) is 0 Å². The number of carbonyl (C=O) groups is 1. The first kappa shape index (κ1) is 15.2. The molecule has 2 N–H and O–H groups in total. The number of hydrogen-bond donors (Lipinski definition) is 2. The van der Waals surface area contributed by atoms with Crippen LogP contribution < -0.4 is 10.9 Å². The molecule has 2 aromatic heterocycles. The molecule has 1 amide bonds. The van der Waals surface area contributed by atoms with Gasteiger partial charge in [0.15, 0.2) is 0 Å². The van der Waals surface area contributed by atoms with E-state index in [2.05, 4.69) is 10.3 Å². The van der Waals surface area contributed by atoms with Gasteiger partial charge in [-0.1, -0.05) is 18.2 Å². The summed E-state index contributed by atoms with van der Waals surface area (Å²) >= 11 is 1.64. The molecule has 0 saturated heterocycles. The van der Waals surface area contributed by atoms with E-state index in [1.54, 1.807) is 31.3 Å². The molecule has 3 rings (SSSR count). The molecule has 0 radical (unpaired) electrons. The van der Waals surface area contributed by atoms with Crippen molar-refractivity contribution in [1.82, 2.24) is 4.98 Å². The van der Waals surface area contributed by atoms with Gasteiger partial charge in [0.25, 0.3) is 11.5 Å². The molecular weight excluding hydrogens is 308 g/mol. The van der Waals surface area contributed by atoms with Crippen LogP contribution in [0, 0.1) is 13.8 Å². The number of hydrogen-bond acceptors (Lipinski definition) is 3. The van der Waals surface area contributed by atoms with Crippen LogP contribution in [0.5, 0.6) is 0 Å². The van der Waals surface area contributed by atoms with Gasteiger partial charge in [0, 0.05) is 16.3 Å². The number of rotatable bonds is 3. The number of aromatic amines is 1. The molecule has 2 heterocycles. The van der Waals surface area contributed by atoms with Crippen LogP contribution in [-0.2, 0) is 0 Å². The Morgan fingerprint density at radius 1 is 1.13 bits per heavy atom. The first-order chi connectivity index (χ1) is 11.0. The highest BCUT2D eigenvalue weighted by Crippen LogP contribution is 2.26. The van der Waals surface area contributed by atoms with E-state index in [4.69, 9.17) is 0 Å². The van der Waals surface area contributed by atoms with E-state index in [1.165, 1.54) is 0 Å². The van der Waals surface area contributed by atoms with Crippen LogP contribution >= 0.6 is 11.3 Å². The molecule has 0 aliphatic carbocycles. The van der Waals surface area contributed by atoms with Crippen molar-refractivity contribution in [3.63, 3.8) is 0 Å². The van der Waals surface area contributed by atoms with Gasteiger partial charge in [0.1, 0.15) is 5.56 Å². The largest absolute Gasteiger partial charge is 0.326 e. The lowest BCUT2D eigenvalue weighted by atomic mass is 10.1. The summed E-state index contributed by atoms with van der Waals surface area (Å²) in [5.41, 5.74) is 2.89. The van der Waals surface area contributed by atoms with E-state index in [0.717, 1.165) is 16.1 Å². The normalized spacial score (nSPS) is 10.5. The minimum Gasteiger partial charge on any atom is -0.326 e. The van der Waals surface area contributed by atoms with Crippen LogP contribution in [0.25, 0.3) is 10.4 Å². The van der Waals surface area contributed by atoms with E-state index in [1.807, 2.05) is 41.8 Å². The number of anilines is 1. The number of amides is 1. The second kappa shape index (κ2) is 6.22. The van der Waals surface area contributed by atoms with Crippen molar-refractivity contribution in [3.8, 4) is 10.4 Å². The van der Waals surface area contributed by atoms with Crippen LogP contribution in [0.1, 0.15) is 21.6 Å². The van der Waals surface area contributed by atoms with E-state index in [9.17, 15) is 9.59 Å². The van der Waals surface area contributed by atoms with Gasteiger partial charge in [-0.15, -0.1) is 11.3 Å². The molecule has 23 heavy (non-hydrogen) atoms. The number of H-pyrrole nitrogens is 1. The Morgan fingerprint density at radius 3 is 2.65 bits per heavy atom. The molecule has 5 heteroatoms. The predicted molar refractivity (Wildman–Crippen MR) is 94.2 cm³/mol. The maximum absolute atomic E-state index is 12.4. The lowest BCUT2D eigenvalue weighted by molar-refractivity contribution is 0.102. The highest BCUT2D eigenvalue weighted by molar-refractivity contribution is 7.13. The Balaban J connectivity index is 1.90. The van der Waals surface area contributed by atoms with Gasteiger partial charge in [0.05, 0.1) is 0 Å². The van der Waals surface area contributed by atoms with Crippen molar-refractivity contribution >= 4 is 22.9 Å². The zero-order chi connectivity index (χ0) is 16.4. The van der Waals surface area contributed by atoms with Crippen LogP contribution in [-0.4, -0.2) is 10.9 Å². The summed E-state index contributed by atoms with van der Waals surface area (Å²) in [4.78, 5) is 28.3. The summed E-state index contributed by atoms with van der Waals surface area (Å²) in [7, 11) is 0. The molecule has 0 atom stereocenters. The number of nitrogens with one attached hydrogen (secondary N) is 2. The van der Waals surface area contributed by atoms with Crippen molar-refractivity contribution in [1.29, 1.82) is 0 Å². The smallest absolute Gasteiger partial charge is 0.261 e. The fraction of sp³-hybridized carbons (Fsp3) is 0.111. The zero-order valence-corrected chi connectivity index (χ0v) is 13.7. The molecule has 0 aliphatic heterocycles. The third-order valence-electron chi connectivity index (χ3n) is 3.52. The first-order valence-electron chi connectivity index (χ1n) is 7.20. The molecule has 0 unspecified atom stereocenters. The predicted octanol–water partition coefficient (Wildman–Crippen LogP) is 3.97. The molecular formula is C18H16N2O2S. The van der Waals surface area contributed by atoms with Crippen molar-refractivity contribution < 1.29 is 4.79 Å². The Bertz CT molecular complexity index is 911. The van der Waals surface area contributed by atoms with Crippen molar-refractivity contribution in [2.75, 3.05) is 5.32 Å². The van der Waals surface area contributed by atoms with Crippen LogP contribution in [0.4, 0.5) is 5.69 Å². The number of pyridine rings is 1. The Labute approximate surface area is 137 Å². The van der Waals surface area contributed by atoms with Crippen molar-refractivity contribution in [2.45, 2.75) is 13.8 Å².